The lowest BCUT2D eigenvalue weighted by Crippen LogP contribution is -2.50. The first-order valence-electron chi connectivity index (χ1n) is 10.2. The van der Waals surface area contributed by atoms with E-state index in [0.717, 1.165) is 18.8 Å². The van der Waals surface area contributed by atoms with E-state index in [1.165, 1.54) is 58.2 Å². The van der Waals surface area contributed by atoms with E-state index < -0.39 is 0 Å². The smallest absolute Gasteiger partial charge is 0.223 e. The lowest BCUT2D eigenvalue weighted by Gasteiger charge is -2.32. The van der Waals surface area contributed by atoms with E-state index in [0.29, 0.717) is 19.1 Å². The summed E-state index contributed by atoms with van der Waals surface area (Å²) in [6.45, 7) is 7.15. The van der Waals surface area contributed by atoms with E-state index in [1.807, 2.05) is 7.05 Å². The fraction of sp³-hybridized carbons (Fsp3) is 0.895. The zero-order valence-electron chi connectivity index (χ0n) is 16.6. The molecule has 6 nitrogen and oxygen atoms in total. The Morgan fingerprint density at radius 3 is 2.31 bits per heavy atom. The zero-order valence-corrected chi connectivity index (χ0v) is 18.9. The van der Waals surface area contributed by atoms with Crippen molar-refractivity contribution in [3.05, 3.63) is 0 Å². The molecule has 0 unspecified atom stereocenters. The molecule has 1 heterocycles. The average molecular weight is 479 g/mol. The Hall–Kier alpha value is -0.570. The summed E-state index contributed by atoms with van der Waals surface area (Å²) in [4.78, 5) is 19.0. The third-order valence-electron chi connectivity index (χ3n) is 5.38. The van der Waals surface area contributed by atoms with Gasteiger partial charge in [0.2, 0.25) is 5.91 Å². The predicted molar refractivity (Wildman–Crippen MR) is 119 cm³/mol. The Bertz CT molecular complexity index is 418. The van der Waals surface area contributed by atoms with Crippen LogP contribution in [-0.2, 0) is 4.79 Å². The topological polar surface area (TPSA) is 68.8 Å². The number of nitrogens with zero attached hydrogens (tertiary/aromatic N) is 2. The molecule has 0 aromatic carbocycles. The van der Waals surface area contributed by atoms with Crippen molar-refractivity contribution in [2.24, 2.45) is 10.9 Å². The van der Waals surface area contributed by atoms with Gasteiger partial charge in [-0.05, 0) is 38.6 Å². The Balaban J connectivity index is 0.00000338. The van der Waals surface area contributed by atoms with Gasteiger partial charge in [0.05, 0.1) is 0 Å². The van der Waals surface area contributed by atoms with Crippen molar-refractivity contribution in [1.29, 1.82) is 0 Å². The quantitative estimate of drug-likeness (QED) is 0.227. The SMILES string of the molecule is CCCN1CCC(NC(=NC)NCCNC(=O)C2CCCCC2)CC1.I. The summed E-state index contributed by atoms with van der Waals surface area (Å²) in [7, 11) is 1.81. The lowest BCUT2D eigenvalue weighted by molar-refractivity contribution is -0.125. The van der Waals surface area contributed by atoms with Crippen molar-refractivity contribution in [1.82, 2.24) is 20.9 Å². The van der Waals surface area contributed by atoms with Gasteiger partial charge in [0.25, 0.3) is 0 Å². The maximum Gasteiger partial charge on any atom is 0.223 e. The Labute approximate surface area is 176 Å². The molecule has 26 heavy (non-hydrogen) atoms. The van der Waals surface area contributed by atoms with E-state index in [-0.39, 0.29) is 35.8 Å². The number of aliphatic imine (C=N–C) groups is 1. The van der Waals surface area contributed by atoms with Crippen LogP contribution in [-0.4, -0.2) is 62.6 Å². The van der Waals surface area contributed by atoms with Crippen LogP contribution in [0.2, 0.25) is 0 Å². The fourth-order valence-electron chi connectivity index (χ4n) is 3.88. The van der Waals surface area contributed by atoms with Gasteiger partial charge in [-0.1, -0.05) is 26.2 Å². The normalized spacial score (nSPS) is 20.3. The molecule has 0 aromatic heterocycles. The van der Waals surface area contributed by atoms with Crippen molar-refractivity contribution in [2.45, 2.75) is 64.3 Å². The number of nitrogens with one attached hydrogen (secondary N) is 3. The number of rotatable bonds is 7. The minimum absolute atomic E-state index is 0. The largest absolute Gasteiger partial charge is 0.355 e. The van der Waals surface area contributed by atoms with Crippen molar-refractivity contribution < 1.29 is 4.79 Å². The highest BCUT2D eigenvalue weighted by molar-refractivity contribution is 14.0. The maximum absolute atomic E-state index is 12.1. The summed E-state index contributed by atoms with van der Waals surface area (Å²) in [5.74, 6) is 1.31. The van der Waals surface area contributed by atoms with Crippen LogP contribution >= 0.6 is 24.0 Å². The van der Waals surface area contributed by atoms with Crippen LogP contribution < -0.4 is 16.0 Å². The van der Waals surface area contributed by atoms with Crippen LogP contribution in [0.15, 0.2) is 4.99 Å². The minimum Gasteiger partial charge on any atom is -0.355 e. The van der Waals surface area contributed by atoms with Gasteiger partial charge in [-0.2, -0.15) is 0 Å². The molecule has 3 N–H and O–H groups in total. The first-order valence-corrected chi connectivity index (χ1v) is 10.2. The summed E-state index contributed by atoms with van der Waals surface area (Å²) in [5.41, 5.74) is 0. The predicted octanol–water partition coefficient (Wildman–Crippen LogP) is 2.34. The third-order valence-corrected chi connectivity index (χ3v) is 5.38. The van der Waals surface area contributed by atoms with Gasteiger partial charge in [-0.3, -0.25) is 9.79 Å². The molecule has 0 aromatic rings. The molecule has 1 aliphatic carbocycles. The molecule has 0 atom stereocenters. The summed E-state index contributed by atoms with van der Waals surface area (Å²) < 4.78 is 0. The summed E-state index contributed by atoms with van der Waals surface area (Å²) >= 11 is 0. The number of guanidine groups is 1. The van der Waals surface area contributed by atoms with Gasteiger partial charge in [0, 0.05) is 45.2 Å². The molecule has 2 aliphatic rings. The van der Waals surface area contributed by atoms with Gasteiger partial charge in [0.15, 0.2) is 5.96 Å². The molecule has 1 saturated heterocycles. The molecule has 0 spiro atoms. The van der Waals surface area contributed by atoms with E-state index in [9.17, 15) is 4.79 Å². The maximum atomic E-state index is 12.1. The second kappa shape index (κ2) is 13.6. The summed E-state index contributed by atoms with van der Waals surface area (Å²) in [6, 6.07) is 0.496. The van der Waals surface area contributed by atoms with Crippen molar-refractivity contribution in [3.63, 3.8) is 0 Å². The number of halogens is 1. The highest BCUT2D eigenvalue weighted by Gasteiger charge is 2.21. The molecule has 0 radical (unpaired) electrons. The number of likely N-dealkylation sites (tertiary alicyclic amines) is 1. The zero-order chi connectivity index (χ0) is 17.9. The van der Waals surface area contributed by atoms with Crippen LogP contribution in [0.25, 0.3) is 0 Å². The second-order valence-electron chi connectivity index (χ2n) is 7.39. The van der Waals surface area contributed by atoms with E-state index in [2.05, 4.69) is 32.8 Å². The molecule has 2 fully saturated rings. The second-order valence-corrected chi connectivity index (χ2v) is 7.39. The van der Waals surface area contributed by atoms with Crippen LogP contribution in [0.5, 0.6) is 0 Å². The number of hydrogen-bond donors (Lipinski definition) is 3. The van der Waals surface area contributed by atoms with Crippen molar-refractivity contribution in [3.8, 4) is 0 Å². The van der Waals surface area contributed by atoms with Crippen LogP contribution in [0.4, 0.5) is 0 Å². The molecule has 152 valence electrons. The minimum atomic E-state index is 0. The van der Waals surface area contributed by atoms with Crippen LogP contribution in [0.3, 0.4) is 0 Å². The number of amides is 1. The Morgan fingerprint density at radius 2 is 1.69 bits per heavy atom. The molecule has 1 aliphatic heterocycles. The third kappa shape index (κ3) is 8.41. The number of carbonyl (C=O) groups excluding carboxylic acids is 1. The molecule has 2 rings (SSSR count). The van der Waals surface area contributed by atoms with Gasteiger partial charge in [-0.15, -0.1) is 24.0 Å². The van der Waals surface area contributed by atoms with Gasteiger partial charge < -0.3 is 20.9 Å². The average Bonchev–Trinajstić information content (AvgIpc) is 2.66. The van der Waals surface area contributed by atoms with Gasteiger partial charge in [0.1, 0.15) is 0 Å². The summed E-state index contributed by atoms with van der Waals surface area (Å²) in [6.07, 6.45) is 9.35. The van der Waals surface area contributed by atoms with E-state index >= 15 is 0 Å². The molecule has 1 amide bonds. The van der Waals surface area contributed by atoms with E-state index in [1.54, 1.807) is 0 Å². The highest BCUT2D eigenvalue weighted by atomic mass is 127. The first kappa shape index (κ1) is 23.5. The molecular formula is C19H38IN5O. The van der Waals surface area contributed by atoms with Crippen LogP contribution in [0.1, 0.15) is 58.3 Å². The number of piperidine rings is 1. The number of carbonyl (C=O) groups is 1. The lowest BCUT2D eigenvalue weighted by atomic mass is 9.89. The summed E-state index contributed by atoms with van der Waals surface area (Å²) in [5, 5.41) is 9.91. The van der Waals surface area contributed by atoms with Crippen molar-refractivity contribution >= 4 is 35.8 Å². The number of hydrogen-bond acceptors (Lipinski definition) is 3. The van der Waals surface area contributed by atoms with Gasteiger partial charge >= 0.3 is 0 Å². The van der Waals surface area contributed by atoms with Gasteiger partial charge in [-0.25, -0.2) is 0 Å². The molecule has 7 heteroatoms. The van der Waals surface area contributed by atoms with Crippen LogP contribution in [0, 0.1) is 5.92 Å². The Kier molecular flexibility index (Phi) is 12.3. The standard InChI is InChI=1S/C19H37N5O.HI/c1-3-13-24-14-9-17(10-15-24)23-19(20-2)22-12-11-21-18(25)16-7-5-4-6-8-16;/h16-17H,3-15H2,1-2H3,(H,21,25)(H2,20,22,23);1H. The molecule has 1 saturated carbocycles. The fourth-order valence-corrected chi connectivity index (χ4v) is 3.88. The Morgan fingerprint density at radius 1 is 1.04 bits per heavy atom. The van der Waals surface area contributed by atoms with Crippen molar-refractivity contribution in [2.75, 3.05) is 39.8 Å². The first-order chi connectivity index (χ1) is 12.2. The highest BCUT2D eigenvalue weighted by Crippen LogP contribution is 2.23. The monoisotopic (exact) mass is 479 g/mol. The molecular weight excluding hydrogens is 441 g/mol. The van der Waals surface area contributed by atoms with E-state index in [4.69, 9.17) is 0 Å². The molecule has 0 bridgehead atoms.